The lowest BCUT2D eigenvalue weighted by Gasteiger charge is -2.01. The standard InChI is InChI=1S/C11H15NO4S/c13-6-2-1-5-12-11(14)9-17(15)8-10-4-3-7-16-10/h1-4,7,13H,5-6,8-9H2,(H,12,14)/b2-1+. The highest BCUT2D eigenvalue weighted by Gasteiger charge is 2.09. The number of aliphatic hydroxyl groups excluding tert-OH is 1. The Hall–Kier alpha value is -1.40. The highest BCUT2D eigenvalue weighted by molar-refractivity contribution is 7.84. The molecule has 94 valence electrons. The molecule has 1 unspecified atom stereocenters. The third-order valence-electron chi connectivity index (χ3n) is 1.86. The largest absolute Gasteiger partial charge is 0.468 e. The Morgan fingerprint density at radius 3 is 3.00 bits per heavy atom. The summed E-state index contributed by atoms with van der Waals surface area (Å²) in [5.41, 5.74) is 0. The first kappa shape index (κ1) is 13.7. The van der Waals surface area contributed by atoms with Gasteiger partial charge in [0.15, 0.2) is 0 Å². The van der Waals surface area contributed by atoms with Crippen LogP contribution in [0.3, 0.4) is 0 Å². The molecule has 1 atom stereocenters. The first-order valence-electron chi connectivity index (χ1n) is 5.12. The van der Waals surface area contributed by atoms with Crippen LogP contribution in [0.1, 0.15) is 5.76 Å². The van der Waals surface area contributed by atoms with Crippen LogP contribution in [0.2, 0.25) is 0 Å². The monoisotopic (exact) mass is 257 g/mol. The lowest BCUT2D eigenvalue weighted by atomic mass is 10.5. The molecule has 0 bridgehead atoms. The van der Waals surface area contributed by atoms with Crippen molar-refractivity contribution in [1.82, 2.24) is 5.32 Å². The van der Waals surface area contributed by atoms with E-state index in [1.165, 1.54) is 12.3 Å². The second-order valence-corrected chi connectivity index (χ2v) is 4.72. The Morgan fingerprint density at radius 2 is 2.35 bits per heavy atom. The molecule has 0 aromatic carbocycles. The lowest BCUT2D eigenvalue weighted by molar-refractivity contribution is -0.118. The van der Waals surface area contributed by atoms with Gasteiger partial charge in [-0.05, 0) is 12.1 Å². The van der Waals surface area contributed by atoms with Crippen LogP contribution in [0, 0.1) is 0 Å². The van der Waals surface area contributed by atoms with E-state index in [9.17, 15) is 9.00 Å². The molecule has 1 amide bonds. The minimum absolute atomic E-state index is 0.0480. The molecule has 6 heteroatoms. The number of furan rings is 1. The molecule has 0 saturated carbocycles. The average Bonchev–Trinajstić information content (AvgIpc) is 2.77. The van der Waals surface area contributed by atoms with Crippen molar-refractivity contribution in [2.45, 2.75) is 5.75 Å². The predicted molar refractivity (Wildman–Crippen MR) is 64.7 cm³/mol. The number of carbonyl (C=O) groups is 1. The number of carbonyl (C=O) groups excluding carboxylic acids is 1. The zero-order chi connectivity index (χ0) is 12.5. The van der Waals surface area contributed by atoms with Crippen molar-refractivity contribution in [2.75, 3.05) is 18.9 Å². The summed E-state index contributed by atoms with van der Waals surface area (Å²) in [6, 6.07) is 3.44. The summed E-state index contributed by atoms with van der Waals surface area (Å²) in [6.07, 6.45) is 4.67. The summed E-state index contributed by atoms with van der Waals surface area (Å²) in [6.45, 7) is 0.275. The third kappa shape index (κ3) is 6.03. The van der Waals surface area contributed by atoms with Crippen molar-refractivity contribution in [3.63, 3.8) is 0 Å². The van der Waals surface area contributed by atoms with Gasteiger partial charge in [0, 0.05) is 17.3 Å². The van der Waals surface area contributed by atoms with Crippen LogP contribution < -0.4 is 5.32 Å². The number of nitrogens with one attached hydrogen (secondary N) is 1. The molecule has 0 aliphatic carbocycles. The van der Waals surface area contributed by atoms with Gasteiger partial charge >= 0.3 is 0 Å². The maximum atomic E-state index is 11.5. The van der Waals surface area contributed by atoms with Crippen molar-refractivity contribution in [3.05, 3.63) is 36.3 Å². The van der Waals surface area contributed by atoms with Gasteiger partial charge in [0.25, 0.3) is 0 Å². The fraction of sp³-hybridized carbons (Fsp3) is 0.364. The molecule has 1 aromatic heterocycles. The summed E-state index contributed by atoms with van der Waals surface area (Å²) in [5, 5.41) is 11.0. The van der Waals surface area contributed by atoms with E-state index in [0.717, 1.165) is 0 Å². The predicted octanol–water partition coefficient (Wildman–Crippen LogP) is 0.193. The fourth-order valence-corrected chi connectivity index (χ4v) is 2.11. The first-order valence-corrected chi connectivity index (χ1v) is 6.61. The maximum Gasteiger partial charge on any atom is 0.232 e. The Bertz CT molecular complexity index is 386. The van der Waals surface area contributed by atoms with Gasteiger partial charge in [-0.2, -0.15) is 0 Å². The Kier molecular flexibility index (Phi) is 6.27. The van der Waals surface area contributed by atoms with Crippen LogP contribution in [-0.2, 0) is 21.3 Å². The molecule has 2 N–H and O–H groups in total. The zero-order valence-electron chi connectivity index (χ0n) is 9.30. The van der Waals surface area contributed by atoms with Gasteiger partial charge in [-0.1, -0.05) is 12.2 Å². The van der Waals surface area contributed by atoms with Crippen LogP contribution in [-0.4, -0.2) is 34.1 Å². The van der Waals surface area contributed by atoms with Crippen LogP contribution >= 0.6 is 0 Å². The molecule has 0 aliphatic heterocycles. The molecule has 1 aromatic rings. The molecule has 0 saturated heterocycles. The van der Waals surface area contributed by atoms with Gasteiger partial charge in [0.1, 0.15) is 11.5 Å². The molecule has 0 fully saturated rings. The second-order valence-electron chi connectivity index (χ2n) is 3.27. The summed E-state index contributed by atoms with van der Waals surface area (Å²) < 4.78 is 16.6. The summed E-state index contributed by atoms with van der Waals surface area (Å²) in [5.74, 6) is 0.523. The summed E-state index contributed by atoms with van der Waals surface area (Å²) in [7, 11) is -1.27. The second kappa shape index (κ2) is 7.81. The number of hydrogen-bond acceptors (Lipinski definition) is 4. The Balaban J connectivity index is 2.22. The minimum atomic E-state index is -1.27. The van der Waals surface area contributed by atoms with Crippen molar-refractivity contribution in [2.24, 2.45) is 0 Å². The zero-order valence-corrected chi connectivity index (χ0v) is 10.1. The SMILES string of the molecule is O=C(CS(=O)Cc1ccco1)NC/C=C/CO. The minimum Gasteiger partial charge on any atom is -0.468 e. The van der Waals surface area contributed by atoms with Crippen LogP contribution in [0.5, 0.6) is 0 Å². The van der Waals surface area contributed by atoms with Crippen LogP contribution in [0.15, 0.2) is 35.0 Å². The van der Waals surface area contributed by atoms with Crippen molar-refractivity contribution < 1.29 is 18.5 Å². The van der Waals surface area contributed by atoms with Crippen LogP contribution in [0.25, 0.3) is 0 Å². The van der Waals surface area contributed by atoms with E-state index in [4.69, 9.17) is 9.52 Å². The molecule has 17 heavy (non-hydrogen) atoms. The molecular weight excluding hydrogens is 242 g/mol. The molecule has 1 rings (SSSR count). The molecule has 0 spiro atoms. The smallest absolute Gasteiger partial charge is 0.232 e. The van der Waals surface area contributed by atoms with Crippen molar-refractivity contribution >= 4 is 16.7 Å². The fourth-order valence-electron chi connectivity index (χ4n) is 1.13. The quantitative estimate of drug-likeness (QED) is 0.684. The maximum absolute atomic E-state index is 11.5. The average molecular weight is 257 g/mol. The van der Waals surface area contributed by atoms with E-state index in [2.05, 4.69) is 5.32 Å². The van der Waals surface area contributed by atoms with E-state index in [-0.39, 0.29) is 24.0 Å². The van der Waals surface area contributed by atoms with E-state index >= 15 is 0 Å². The van der Waals surface area contributed by atoms with Gasteiger partial charge in [0.05, 0.1) is 18.6 Å². The van der Waals surface area contributed by atoms with Gasteiger partial charge in [-0.3, -0.25) is 9.00 Å². The highest BCUT2D eigenvalue weighted by Crippen LogP contribution is 2.03. The van der Waals surface area contributed by atoms with Crippen molar-refractivity contribution in [3.8, 4) is 0 Å². The highest BCUT2D eigenvalue weighted by atomic mass is 32.2. The lowest BCUT2D eigenvalue weighted by Crippen LogP contribution is -2.28. The van der Waals surface area contributed by atoms with E-state index in [0.29, 0.717) is 12.3 Å². The van der Waals surface area contributed by atoms with Gasteiger partial charge in [-0.15, -0.1) is 0 Å². The van der Waals surface area contributed by atoms with E-state index < -0.39 is 10.8 Å². The van der Waals surface area contributed by atoms with E-state index in [1.54, 1.807) is 18.2 Å². The summed E-state index contributed by atoms with van der Waals surface area (Å²) >= 11 is 0. The summed E-state index contributed by atoms with van der Waals surface area (Å²) in [4.78, 5) is 11.3. The first-order chi connectivity index (χ1) is 8.22. The van der Waals surface area contributed by atoms with Gasteiger partial charge in [0.2, 0.25) is 5.91 Å². The van der Waals surface area contributed by atoms with Gasteiger partial charge < -0.3 is 14.8 Å². The molecule has 1 heterocycles. The number of amides is 1. The number of aliphatic hydroxyl groups is 1. The molecule has 5 nitrogen and oxygen atoms in total. The van der Waals surface area contributed by atoms with Crippen LogP contribution in [0.4, 0.5) is 0 Å². The Morgan fingerprint density at radius 1 is 1.53 bits per heavy atom. The number of hydrogen-bond donors (Lipinski definition) is 2. The van der Waals surface area contributed by atoms with Crippen molar-refractivity contribution in [1.29, 1.82) is 0 Å². The normalized spacial score (nSPS) is 12.8. The number of rotatable bonds is 7. The van der Waals surface area contributed by atoms with Gasteiger partial charge in [-0.25, -0.2) is 0 Å². The topological polar surface area (TPSA) is 79.5 Å². The third-order valence-corrected chi connectivity index (χ3v) is 3.06. The van der Waals surface area contributed by atoms with E-state index in [1.807, 2.05) is 0 Å². The molecule has 0 radical (unpaired) electrons. The molecular formula is C11H15NO4S. The molecule has 0 aliphatic rings. The Labute approximate surface area is 102 Å².